The Kier molecular flexibility index (Phi) is 2.21. The molecule has 2 aliphatic rings. The van der Waals surface area contributed by atoms with Gasteiger partial charge >= 0.3 is 0 Å². The summed E-state index contributed by atoms with van der Waals surface area (Å²) in [6.07, 6.45) is 2.50. The Balaban J connectivity index is 1.96. The van der Waals surface area contributed by atoms with Gasteiger partial charge in [-0.15, -0.1) is 0 Å². The van der Waals surface area contributed by atoms with Gasteiger partial charge in [0, 0.05) is 17.6 Å². The quantitative estimate of drug-likeness (QED) is 0.578. The van der Waals surface area contributed by atoms with Crippen LogP contribution in [0.3, 0.4) is 0 Å². The third kappa shape index (κ3) is 1.36. The monoisotopic (exact) mass is 288 g/mol. The number of aromatic nitrogens is 1. The SMILES string of the molecule is Cc1ccc2c(c1)-n1c(cc3ccccc31)C1(C)CCCN21. The first kappa shape index (κ1) is 12.3. The molecular weight excluding hydrogens is 268 g/mol. The molecule has 5 rings (SSSR count). The van der Waals surface area contributed by atoms with E-state index in [1.165, 1.54) is 46.4 Å². The first-order chi connectivity index (χ1) is 10.7. The number of rotatable bonds is 0. The second kappa shape index (κ2) is 3.95. The van der Waals surface area contributed by atoms with Crippen molar-refractivity contribution in [2.24, 2.45) is 0 Å². The van der Waals surface area contributed by atoms with Crippen molar-refractivity contribution in [3.63, 3.8) is 0 Å². The zero-order valence-corrected chi connectivity index (χ0v) is 13.1. The van der Waals surface area contributed by atoms with Crippen LogP contribution in [0.5, 0.6) is 0 Å². The van der Waals surface area contributed by atoms with E-state index in [9.17, 15) is 0 Å². The van der Waals surface area contributed by atoms with Gasteiger partial charge in [0.05, 0.1) is 22.4 Å². The molecule has 0 aliphatic carbocycles. The highest BCUT2D eigenvalue weighted by Gasteiger charge is 2.45. The fraction of sp³-hybridized carbons (Fsp3) is 0.300. The number of anilines is 1. The minimum absolute atomic E-state index is 0.126. The molecule has 2 heteroatoms. The number of hydrogen-bond acceptors (Lipinski definition) is 1. The van der Waals surface area contributed by atoms with Gasteiger partial charge in [-0.1, -0.05) is 24.3 Å². The van der Waals surface area contributed by atoms with Crippen LogP contribution in [0.15, 0.2) is 48.5 Å². The predicted octanol–water partition coefficient (Wildman–Crippen LogP) is 4.77. The number of benzene rings is 2. The number of fused-ring (bicyclic) bond motifs is 8. The van der Waals surface area contributed by atoms with Crippen molar-refractivity contribution in [3.05, 3.63) is 59.8 Å². The third-order valence-electron chi connectivity index (χ3n) is 5.57. The van der Waals surface area contributed by atoms with Crippen LogP contribution in [0, 0.1) is 6.92 Å². The van der Waals surface area contributed by atoms with Gasteiger partial charge < -0.3 is 9.47 Å². The van der Waals surface area contributed by atoms with E-state index in [2.05, 4.69) is 71.8 Å². The smallest absolute Gasteiger partial charge is 0.0781 e. The molecule has 2 aromatic carbocycles. The Bertz CT molecular complexity index is 905. The number of para-hydroxylation sites is 1. The molecule has 3 heterocycles. The van der Waals surface area contributed by atoms with Crippen molar-refractivity contribution in [1.82, 2.24) is 4.57 Å². The van der Waals surface area contributed by atoms with E-state index in [1.807, 2.05) is 0 Å². The number of hydrogen-bond donors (Lipinski definition) is 0. The first-order valence-electron chi connectivity index (χ1n) is 8.18. The van der Waals surface area contributed by atoms with Gasteiger partial charge in [-0.3, -0.25) is 0 Å². The summed E-state index contributed by atoms with van der Waals surface area (Å²) in [5, 5.41) is 1.35. The molecule has 0 bridgehead atoms. The Morgan fingerprint density at radius 3 is 2.77 bits per heavy atom. The van der Waals surface area contributed by atoms with Gasteiger partial charge in [0.15, 0.2) is 0 Å². The van der Waals surface area contributed by atoms with Crippen molar-refractivity contribution < 1.29 is 0 Å². The number of aryl methyl sites for hydroxylation is 1. The molecule has 110 valence electrons. The Hall–Kier alpha value is -2.22. The summed E-state index contributed by atoms with van der Waals surface area (Å²) in [5.41, 5.74) is 6.96. The van der Waals surface area contributed by atoms with Gasteiger partial charge in [0.25, 0.3) is 0 Å². The Morgan fingerprint density at radius 2 is 1.86 bits per heavy atom. The molecule has 0 amide bonds. The molecule has 2 aliphatic heterocycles. The Morgan fingerprint density at radius 1 is 1.00 bits per heavy atom. The number of nitrogens with zero attached hydrogens (tertiary/aromatic N) is 2. The lowest BCUT2D eigenvalue weighted by Gasteiger charge is -2.43. The Labute approximate surface area is 131 Å². The highest BCUT2D eigenvalue weighted by atomic mass is 15.3. The van der Waals surface area contributed by atoms with Crippen LogP contribution in [0.25, 0.3) is 16.6 Å². The molecule has 1 atom stereocenters. The maximum absolute atomic E-state index is 2.62. The fourth-order valence-corrected chi connectivity index (χ4v) is 4.47. The predicted molar refractivity (Wildman–Crippen MR) is 91.9 cm³/mol. The van der Waals surface area contributed by atoms with Crippen LogP contribution < -0.4 is 4.90 Å². The average molecular weight is 288 g/mol. The summed E-state index contributed by atoms with van der Waals surface area (Å²) in [4.78, 5) is 2.62. The van der Waals surface area contributed by atoms with Gasteiger partial charge in [0.2, 0.25) is 0 Å². The first-order valence-corrected chi connectivity index (χ1v) is 8.18. The fourth-order valence-electron chi connectivity index (χ4n) is 4.47. The third-order valence-corrected chi connectivity index (χ3v) is 5.57. The summed E-state index contributed by atoms with van der Waals surface area (Å²) in [6.45, 7) is 5.75. The molecule has 1 unspecified atom stereocenters. The van der Waals surface area contributed by atoms with E-state index >= 15 is 0 Å². The van der Waals surface area contributed by atoms with E-state index in [-0.39, 0.29) is 5.54 Å². The van der Waals surface area contributed by atoms with E-state index in [0.717, 1.165) is 6.54 Å². The molecule has 0 N–H and O–H groups in total. The molecule has 22 heavy (non-hydrogen) atoms. The molecule has 2 nitrogen and oxygen atoms in total. The van der Waals surface area contributed by atoms with Crippen LogP contribution in [-0.2, 0) is 5.54 Å². The summed E-state index contributed by atoms with van der Waals surface area (Å²) >= 11 is 0. The zero-order chi connectivity index (χ0) is 14.9. The van der Waals surface area contributed by atoms with Crippen LogP contribution in [0.2, 0.25) is 0 Å². The molecular formula is C20H20N2. The van der Waals surface area contributed by atoms with Crippen LogP contribution in [-0.4, -0.2) is 11.1 Å². The van der Waals surface area contributed by atoms with Crippen LogP contribution in [0.1, 0.15) is 31.0 Å². The normalized spacial score (nSPS) is 22.5. The maximum atomic E-state index is 2.62. The average Bonchev–Trinajstić information content (AvgIpc) is 3.09. The highest BCUT2D eigenvalue weighted by molar-refractivity contribution is 5.87. The topological polar surface area (TPSA) is 8.17 Å². The van der Waals surface area contributed by atoms with Crippen LogP contribution >= 0.6 is 0 Å². The van der Waals surface area contributed by atoms with Crippen LogP contribution in [0.4, 0.5) is 5.69 Å². The maximum Gasteiger partial charge on any atom is 0.0781 e. The standard InChI is InChI=1S/C20H20N2/c1-14-8-9-17-18(12-14)22-16-7-4-3-6-15(16)13-19(22)20(2)10-5-11-21(17)20/h3-4,6-9,12-13H,5,10-11H2,1-2H3. The molecule has 1 aromatic heterocycles. The van der Waals surface area contributed by atoms with Crippen molar-refractivity contribution in [2.75, 3.05) is 11.4 Å². The van der Waals surface area contributed by atoms with E-state index in [1.54, 1.807) is 0 Å². The molecule has 3 aromatic rings. The van der Waals surface area contributed by atoms with Crippen molar-refractivity contribution in [3.8, 4) is 5.69 Å². The van der Waals surface area contributed by atoms with Gasteiger partial charge in [-0.05, 0) is 56.5 Å². The largest absolute Gasteiger partial charge is 0.359 e. The second-order valence-corrected chi connectivity index (χ2v) is 6.95. The lowest BCUT2D eigenvalue weighted by Crippen LogP contribution is -2.43. The van der Waals surface area contributed by atoms with Gasteiger partial charge in [0.1, 0.15) is 0 Å². The summed E-state index contributed by atoms with van der Waals surface area (Å²) in [5.74, 6) is 0. The lowest BCUT2D eigenvalue weighted by atomic mass is 9.91. The minimum atomic E-state index is 0.126. The summed E-state index contributed by atoms with van der Waals surface area (Å²) in [6, 6.07) is 18.1. The zero-order valence-electron chi connectivity index (χ0n) is 13.1. The van der Waals surface area contributed by atoms with Crippen molar-refractivity contribution >= 4 is 16.6 Å². The summed E-state index contributed by atoms with van der Waals surface area (Å²) < 4.78 is 2.50. The molecule has 1 fully saturated rings. The summed E-state index contributed by atoms with van der Waals surface area (Å²) in [7, 11) is 0. The van der Waals surface area contributed by atoms with E-state index < -0.39 is 0 Å². The van der Waals surface area contributed by atoms with Crippen molar-refractivity contribution in [1.29, 1.82) is 0 Å². The minimum Gasteiger partial charge on any atom is -0.359 e. The van der Waals surface area contributed by atoms with Gasteiger partial charge in [-0.25, -0.2) is 0 Å². The molecule has 0 spiro atoms. The molecule has 1 saturated heterocycles. The van der Waals surface area contributed by atoms with Gasteiger partial charge in [-0.2, -0.15) is 0 Å². The van der Waals surface area contributed by atoms with E-state index in [4.69, 9.17) is 0 Å². The highest BCUT2D eigenvalue weighted by Crippen LogP contribution is 2.50. The second-order valence-electron chi connectivity index (χ2n) is 6.95. The van der Waals surface area contributed by atoms with E-state index in [0.29, 0.717) is 0 Å². The lowest BCUT2D eigenvalue weighted by molar-refractivity contribution is 0.460. The molecule has 0 saturated carbocycles. The van der Waals surface area contributed by atoms with Crippen molar-refractivity contribution in [2.45, 2.75) is 32.2 Å². The molecule has 0 radical (unpaired) electrons.